The Hall–Kier alpha value is -1.02. The molecule has 1 rings (SSSR count). The van der Waals surface area contributed by atoms with Crippen LogP contribution in [0.3, 0.4) is 0 Å². The van der Waals surface area contributed by atoms with Crippen LogP contribution < -0.4 is 4.74 Å². The minimum absolute atomic E-state index is 0.160. The maximum Gasteiger partial charge on any atom is 0.166 e. The van der Waals surface area contributed by atoms with E-state index in [0.29, 0.717) is 23.6 Å². The number of hydrogen-bond acceptors (Lipinski definition) is 2. The number of rotatable bonds is 8. The molecule has 94 valence electrons. The minimum Gasteiger partial charge on any atom is -0.496 e. The predicted octanol–water partition coefficient (Wildman–Crippen LogP) is 4.07. The van der Waals surface area contributed by atoms with Gasteiger partial charge in [0, 0.05) is 12.3 Å². The Bertz CT molecular complexity index is 350. The van der Waals surface area contributed by atoms with E-state index >= 15 is 0 Å². The topological polar surface area (TPSA) is 26.3 Å². The van der Waals surface area contributed by atoms with Gasteiger partial charge < -0.3 is 4.74 Å². The first-order chi connectivity index (χ1) is 8.29. The van der Waals surface area contributed by atoms with Crippen molar-refractivity contribution < 1.29 is 9.53 Å². The summed E-state index contributed by atoms with van der Waals surface area (Å²) in [4.78, 5) is 12.0. The van der Waals surface area contributed by atoms with Crippen molar-refractivity contribution in [1.82, 2.24) is 0 Å². The monoisotopic (exact) mass is 254 g/mol. The maximum atomic E-state index is 12.0. The van der Waals surface area contributed by atoms with E-state index in [4.69, 9.17) is 16.3 Å². The van der Waals surface area contributed by atoms with Crippen molar-refractivity contribution in [3.8, 4) is 5.75 Å². The predicted molar refractivity (Wildman–Crippen MR) is 71.1 cm³/mol. The molecule has 0 fully saturated rings. The Morgan fingerprint density at radius 3 is 2.59 bits per heavy atom. The van der Waals surface area contributed by atoms with Crippen molar-refractivity contribution >= 4 is 17.4 Å². The minimum atomic E-state index is 0.160. The van der Waals surface area contributed by atoms with E-state index in [2.05, 4.69) is 0 Å². The van der Waals surface area contributed by atoms with E-state index < -0.39 is 0 Å². The molecule has 0 saturated carbocycles. The molecule has 0 amide bonds. The van der Waals surface area contributed by atoms with E-state index in [1.54, 1.807) is 7.11 Å². The van der Waals surface area contributed by atoms with Crippen LogP contribution in [-0.2, 0) is 0 Å². The van der Waals surface area contributed by atoms with Crippen LogP contribution >= 0.6 is 11.6 Å². The number of ether oxygens (including phenoxy) is 1. The number of Topliss-reactive ketones (excluding diaryl/α,β-unsaturated/α-hetero) is 1. The molecule has 0 aromatic heterocycles. The van der Waals surface area contributed by atoms with Gasteiger partial charge in [0.1, 0.15) is 5.75 Å². The highest BCUT2D eigenvalue weighted by Gasteiger charge is 2.10. The fourth-order valence-electron chi connectivity index (χ4n) is 1.74. The van der Waals surface area contributed by atoms with E-state index in [0.717, 1.165) is 25.7 Å². The number of halogens is 1. The van der Waals surface area contributed by atoms with Gasteiger partial charge in [0.2, 0.25) is 0 Å². The summed E-state index contributed by atoms with van der Waals surface area (Å²) >= 11 is 5.59. The van der Waals surface area contributed by atoms with Crippen molar-refractivity contribution in [1.29, 1.82) is 0 Å². The third-order valence-corrected chi connectivity index (χ3v) is 2.96. The van der Waals surface area contributed by atoms with Gasteiger partial charge in [-0.2, -0.15) is 0 Å². The van der Waals surface area contributed by atoms with Crippen LogP contribution in [0.5, 0.6) is 5.75 Å². The third-order valence-electron chi connectivity index (χ3n) is 2.69. The normalized spacial score (nSPS) is 10.2. The molecule has 0 N–H and O–H groups in total. The van der Waals surface area contributed by atoms with Crippen LogP contribution in [0.25, 0.3) is 0 Å². The summed E-state index contributed by atoms with van der Waals surface area (Å²) in [6.45, 7) is 0. The molecule has 17 heavy (non-hydrogen) atoms. The zero-order valence-corrected chi connectivity index (χ0v) is 11.0. The summed E-state index contributed by atoms with van der Waals surface area (Å²) < 4.78 is 5.17. The second-order valence-corrected chi connectivity index (χ2v) is 4.35. The molecule has 0 aliphatic heterocycles. The van der Waals surface area contributed by atoms with Crippen LogP contribution in [0.15, 0.2) is 24.3 Å². The first kappa shape index (κ1) is 14.0. The van der Waals surface area contributed by atoms with E-state index in [-0.39, 0.29) is 5.78 Å². The van der Waals surface area contributed by atoms with Crippen molar-refractivity contribution in [2.24, 2.45) is 0 Å². The third kappa shape index (κ3) is 4.78. The van der Waals surface area contributed by atoms with Crippen molar-refractivity contribution in [2.75, 3.05) is 13.0 Å². The molecule has 3 heteroatoms. The first-order valence-corrected chi connectivity index (χ1v) is 6.55. The average molecular weight is 255 g/mol. The lowest BCUT2D eigenvalue weighted by Gasteiger charge is -2.06. The Morgan fingerprint density at radius 1 is 1.18 bits per heavy atom. The van der Waals surface area contributed by atoms with Gasteiger partial charge in [0.25, 0.3) is 0 Å². The number of methoxy groups -OCH3 is 1. The van der Waals surface area contributed by atoms with Crippen LogP contribution in [0.4, 0.5) is 0 Å². The fourth-order valence-corrected chi connectivity index (χ4v) is 1.93. The number of hydrogen-bond donors (Lipinski definition) is 0. The molecule has 1 aromatic carbocycles. The van der Waals surface area contributed by atoms with Crippen LogP contribution in [-0.4, -0.2) is 18.8 Å². The van der Waals surface area contributed by atoms with E-state index in [1.165, 1.54) is 0 Å². The molecule has 0 aliphatic carbocycles. The summed E-state index contributed by atoms with van der Waals surface area (Å²) in [7, 11) is 1.59. The van der Waals surface area contributed by atoms with E-state index in [1.807, 2.05) is 24.3 Å². The van der Waals surface area contributed by atoms with Gasteiger partial charge in [-0.15, -0.1) is 11.6 Å². The number of alkyl halides is 1. The molecule has 0 spiro atoms. The summed E-state index contributed by atoms with van der Waals surface area (Å²) in [5, 5.41) is 0. The molecule has 0 aliphatic rings. The average Bonchev–Trinajstić information content (AvgIpc) is 2.38. The van der Waals surface area contributed by atoms with Crippen LogP contribution in [0.2, 0.25) is 0 Å². The maximum absolute atomic E-state index is 12.0. The summed E-state index contributed by atoms with van der Waals surface area (Å²) in [6, 6.07) is 7.37. The highest BCUT2D eigenvalue weighted by Crippen LogP contribution is 2.20. The fraction of sp³-hybridized carbons (Fsp3) is 0.500. The lowest BCUT2D eigenvalue weighted by molar-refractivity contribution is 0.0976. The number of unbranched alkanes of at least 4 members (excludes halogenated alkanes) is 3. The zero-order chi connectivity index (χ0) is 12.5. The quantitative estimate of drug-likeness (QED) is 0.397. The zero-order valence-electron chi connectivity index (χ0n) is 10.2. The van der Waals surface area contributed by atoms with Crippen molar-refractivity contribution in [3.05, 3.63) is 29.8 Å². The largest absolute Gasteiger partial charge is 0.496 e. The molecular weight excluding hydrogens is 236 g/mol. The lowest BCUT2D eigenvalue weighted by atomic mass is 10.0. The smallest absolute Gasteiger partial charge is 0.166 e. The van der Waals surface area contributed by atoms with Crippen molar-refractivity contribution in [2.45, 2.75) is 32.1 Å². The number of ketones is 1. The van der Waals surface area contributed by atoms with Gasteiger partial charge in [-0.3, -0.25) is 4.79 Å². The molecule has 0 heterocycles. The molecule has 0 bridgehead atoms. The van der Waals surface area contributed by atoms with Gasteiger partial charge in [-0.1, -0.05) is 25.0 Å². The SMILES string of the molecule is COc1ccccc1C(=O)CCCCCCCl. The summed E-state index contributed by atoms with van der Waals surface area (Å²) in [5.74, 6) is 1.53. The van der Waals surface area contributed by atoms with Crippen molar-refractivity contribution in [3.63, 3.8) is 0 Å². The van der Waals surface area contributed by atoms with Crippen LogP contribution in [0.1, 0.15) is 42.5 Å². The summed E-state index contributed by atoms with van der Waals surface area (Å²) in [6.07, 6.45) is 4.71. The van der Waals surface area contributed by atoms with Crippen LogP contribution in [0, 0.1) is 0 Å². The molecular formula is C14H19ClO2. The highest BCUT2D eigenvalue weighted by atomic mass is 35.5. The molecule has 0 saturated heterocycles. The standard InChI is InChI=1S/C14H19ClO2/c1-17-14-10-6-5-8-12(14)13(16)9-4-2-3-7-11-15/h5-6,8,10H,2-4,7,9,11H2,1H3. The Balaban J connectivity index is 2.41. The van der Waals surface area contributed by atoms with Gasteiger partial charge in [0.15, 0.2) is 5.78 Å². The summed E-state index contributed by atoms with van der Waals surface area (Å²) in [5.41, 5.74) is 0.687. The second-order valence-electron chi connectivity index (χ2n) is 3.98. The molecule has 0 radical (unpaired) electrons. The van der Waals surface area contributed by atoms with Gasteiger partial charge in [-0.25, -0.2) is 0 Å². The Labute approximate surface area is 108 Å². The number of benzene rings is 1. The molecule has 0 unspecified atom stereocenters. The second kappa shape index (κ2) is 8.13. The van der Waals surface area contributed by atoms with Gasteiger partial charge >= 0.3 is 0 Å². The Kier molecular flexibility index (Phi) is 6.71. The number of carbonyl (C=O) groups excluding carboxylic acids is 1. The molecule has 0 atom stereocenters. The number of carbonyl (C=O) groups is 1. The molecule has 1 aromatic rings. The van der Waals surface area contributed by atoms with E-state index in [9.17, 15) is 4.79 Å². The van der Waals surface area contributed by atoms with Gasteiger partial charge in [0.05, 0.1) is 12.7 Å². The lowest BCUT2D eigenvalue weighted by Crippen LogP contribution is -2.01. The Morgan fingerprint density at radius 2 is 1.88 bits per heavy atom. The number of para-hydroxylation sites is 1. The first-order valence-electron chi connectivity index (χ1n) is 6.01. The highest BCUT2D eigenvalue weighted by molar-refractivity contribution is 6.17. The molecule has 2 nitrogen and oxygen atoms in total. The van der Waals surface area contributed by atoms with Gasteiger partial charge in [-0.05, 0) is 25.0 Å².